The van der Waals surface area contributed by atoms with Crippen molar-refractivity contribution < 1.29 is 9.90 Å². The Morgan fingerprint density at radius 2 is 1.94 bits per heavy atom. The van der Waals surface area contributed by atoms with Crippen molar-refractivity contribution in [2.45, 2.75) is 0 Å². The first-order valence-electron chi connectivity index (χ1n) is 4.41. The molecule has 0 heterocycles. The molecular formula is C11H7Br2NO2. The van der Waals surface area contributed by atoms with Crippen LogP contribution in [0.3, 0.4) is 0 Å². The van der Waals surface area contributed by atoms with Crippen LogP contribution in [0.25, 0.3) is 10.8 Å². The van der Waals surface area contributed by atoms with E-state index in [9.17, 15) is 9.90 Å². The number of benzene rings is 2. The Kier molecular flexibility index (Phi) is 2.90. The summed E-state index contributed by atoms with van der Waals surface area (Å²) in [5.74, 6) is -0.776. The van der Waals surface area contributed by atoms with E-state index in [1.165, 1.54) is 0 Å². The summed E-state index contributed by atoms with van der Waals surface area (Å²) in [5, 5.41) is 11.4. The molecule has 0 saturated heterocycles. The molecule has 2 aromatic carbocycles. The molecule has 0 unspecified atom stereocenters. The van der Waals surface area contributed by atoms with Gasteiger partial charge in [0, 0.05) is 4.47 Å². The number of hydrogen-bond acceptors (Lipinski definition) is 2. The molecule has 0 aromatic heterocycles. The monoisotopic (exact) mass is 343 g/mol. The molecule has 0 aliphatic carbocycles. The first-order chi connectivity index (χ1) is 7.50. The molecular weight excluding hydrogens is 338 g/mol. The van der Waals surface area contributed by atoms with E-state index in [2.05, 4.69) is 31.9 Å². The molecule has 2 aromatic rings. The van der Waals surface area contributed by atoms with Crippen LogP contribution in [0.5, 0.6) is 5.75 Å². The highest BCUT2D eigenvalue weighted by Gasteiger charge is 2.14. The van der Waals surface area contributed by atoms with Gasteiger partial charge in [0.1, 0.15) is 5.75 Å². The van der Waals surface area contributed by atoms with Crippen LogP contribution in [-0.4, -0.2) is 11.0 Å². The minimum absolute atomic E-state index is 0.109. The third-order valence-electron chi connectivity index (χ3n) is 2.28. The van der Waals surface area contributed by atoms with Gasteiger partial charge in [0.15, 0.2) is 0 Å². The lowest BCUT2D eigenvalue weighted by Gasteiger charge is -2.07. The van der Waals surface area contributed by atoms with Gasteiger partial charge in [-0.25, -0.2) is 0 Å². The topological polar surface area (TPSA) is 63.3 Å². The fourth-order valence-corrected chi connectivity index (χ4v) is 2.46. The molecule has 1 amide bonds. The largest absolute Gasteiger partial charge is 0.506 e. The van der Waals surface area contributed by atoms with Gasteiger partial charge in [-0.15, -0.1) is 0 Å². The van der Waals surface area contributed by atoms with Crippen LogP contribution in [0.15, 0.2) is 33.2 Å². The van der Waals surface area contributed by atoms with Crippen molar-refractivity contribution >= 4 is 48.5 Å². The minimum atomic E-state index is -0.653. The summed E-state index contributed by atoms with van der Waals surface area (Å²) in [4.78, 5) is 11.1. The Balaban J connectivity index is 2.88. The van der Waals surface area contributed by atoms with Gasteiger partial charge in [-0.05, 0) is 44.9 Å². The summed E-state index contributed by atoms with van der Waals surface area (Å²) in [6.07, 6.45) is 0. The number of nitrogens with two attached hydrogens (primary N) is 1. The first-order valence-corrected chi connectivity index (χ1v) is 6.00. The van der Waals surface area contributed by atoms with Crippen molar-refractivity contribution in [3.05, 3.63) is 38.8 Å². The molecule has 3 N–H and O–H groups in total. The zero-order valence-electron chi connectivity index (χ0n) is 8.00. The van der Waals surface area contributed by atoms with E-state index in [1.807, 2.05) is 18.2 Å². The molecule has 0 atom stereocenters. The van der Waals surface area contributed by atoms with Crippen LogP contribution in [-0.2, 0) is 0 Å². The summed E-state index contributed by atoms with van der Waals surface area (Å²) in [5.41, 5.74) is 5.29. The van der Waals surface area contributed by atoms with E-state index in [0.29, 0.717) is 4.47 Å². The molecule has 0 radical (unpaired) electrons. The second-order valence-electron chi connectivity index (χ2n) is 3.32. The van der Waals surface area contributed by atoms with Crippen molar-refractivity contribution in [2.75, 3.05) is 0 Å². The lowest BCUT2D eigenvalue weighted by molar-refractivity contribution is 0.0998. The van der Waals surface area contributed by atoms with Crippen molar-refractivity contribution in [1.29, 1.82) is 0 Å². The third kappa shape index (κ3) is 1.81. The highest BCUT2D eigenvalue weighted by atomic mass is 79.9. The molecule has 0 aliphatic rings. The van der Waals surface area contributed by atoms with Crippen molar-refractivity contribution in [2.24, 2.45) is 5.73 Å². The Morgan fingerprint density at radius 3 is 2.56 bits per heavy atom. The summed E-state index contributed by atoms with van der Waals surface area (Å²) < 4.78 is 1.37. The van der Waals surface area contributed by atoms with Crippen molar-refractivity contribution in [3.63, 3.8) is 0 Å². The SMILES string of the molecule is NC(=O)c1cc2cc(Br)ccc2c(Br)c1O. The average Bonchev–Trinajstić information content (AvgIpc) is 2.22. The lowest BCUT2D eigenvalue weighted by Crippen LogP contribution is -2.11. The number of carbonyl (C=O) groups is 1. The number of halogens is 2. The van der Waals surface area contributed by atoms with Gasteiger partial charge >= 0.3 is 0 Å². The predicted octanol–water partition coefficient (Wildman–Crippen LogP) is 3.17. The van der Waals surface area contributed by atoms with E-state index in [0.717, 1.165) is 15.2 Å². The molecule has 3 nitrogen and oxygen atoms in total. The molecule has 5 heteroatoms. The Labute approximate surface area is 109 Å². The van der Waals surface area contributed by atoms with Crippen LogP contribution < -0.4 is 5.73 Å². The van der Waals surface area contributed by atoms with Crippen molar-refractivity contribution in [1.82, 2.24) is 0 Å². The van der Waals surface area contributed by atoms with Crippen LogP contribution in [0, 0.1) is 0 Å². The fourth-order valence-electron chi connectivity index (χ4n) is 1.51. The van der Waals surface area contributed by atoms with E-state index in [-0.39, 0.29) is 11.3 Å². The molecule has 0 fully saturated rings. The number of rotatable bonds is 1. The summed E-state index contributed by atoms with van der Waals surface area (Å²) in [6, 6.07) is 7.12. The molecule has 82 valence electrons. The number of fused-ring (bicyclic) bond motifs is 1. The Bertz CT molecular complexity index is 596. The van der Waals surface area contributed by atoms with Crippen LogP contribution >= 0.6 is 31.9 Å². The van der Waals surface area contributed by atoms with Gasteiger partial charge in [0.2, 0.25) is 0 Å². The van der Waals surface area contributed by atoms with Gasteiger partial charge in [-0.1, -0.05) is 22.0 Å². The molecule has 0 spiro atoms. The summed E-state index contributed by atoms with van der Waals surface area (Å²) in [6.45, 7) is 0. The quantitative estimate of drug-likeness (QED) is 0.834. The highest BCUT2D eigenvalue weighted by Crippen LogP contribution is 2.36. The number of primary amides is 1. The number of aromatic hydroxyl groups is 1. The van der Waals surface area contributed by atoms with Gasteiger partial charge in [-0.2, -0.15) is 0 Å². The summed E-state index contributed by atoms with van der Waals surface area (Å²) >= 11 is 6.59. The van der Waals surface area contributed by atoms with Gasteiger partial charge in [0.05, 0.1) is 10.0 Å². The standard InChI is InChI=1S/C11H7Br2NO2/c12-6-1-2-7-5(3-6)4-8(11(14)16)10(15)9(7)13/h1-4,15H,(H2,14,16). The number of amides is 1. The number of phenols is 1. The van der Waals surface area contributed by atoms with Gasteiger partial charge < -0.3 is 10.8 Å². The lowest BCUT2D eigenvalue weighted by atomic mass is 10.1. The zero-order chi connectivity index (χ0) is 11.9. The maximum Gasteiger partial charge on any atom is 0.252 e. The average molecular weight is 345 g/mol. The van der Waals surface area contributed by atoms with E-state index in [4.69, 9.17) is 5.73 Å². The Morgan fingerprint density at radius 1 is 1.25 bits per heavy atom. The fraction of sp³-hybridized carbons (Fsp3) is 0. The maximum atomic E-state index is 11.1. The summed E-state index contributed by atoms with van der Waals surface area (Å²) in [7, 11) is 0. The molecule has 0 aliphatic heterocycles. The van der Waals surface area contributed by atoms with E-state index in [1.54, 1.807) is 6.07 Å². The number of hydrogen-bond donors (Lipinski definition) is 2. The molecule has 0 saturated carbocycles. The second-order valence-corrected chi connectivity index (χ2v) is 5.03. The van der Waals surface area contributed by atoms with Crippen LogP contribution in [0.2, 0.25) is 0 Å². The third-order valence-corrected chi connectivity index (χ3v) is 3.57. The van der Waals surface area contributed by atoms with Gasteiger partial charge in [-0.3, -0.25) is 4.79 Å². The predicted molar refractivity (Wildman–Crippen MR) is 69.5 cm³/mol. The normalized spacial score (nSPS) is 10.6. The van der Waals surface area contributed by atoms with Gasteiger partial charge in [0.25, 0.3) is 5.91 Å². The molecule has 16 heavy (non-hydrogen) atoms. The second kappa shape index (κ2) is 4.07. The smallest absolute Gasteiger partial charge is 0.252 e. The van der Waals surface area contributed by atoms with Crippen LogP contribution in [0.4, 0.5) is 0 Å². The van der Waals surface area contributed by atoms with E-state index < -0.39 is 5.91 Å². The Hall–Kier alpha value is -1.07. The minimum Gasteiger partial charge on any atom is -0.506 e. The van der Waals surface area contributed by atoms with E-state index >= 15 is 0 Å². The highest BCUT2D eigenvalue weighted by molar-refractivity contribution is 9.11. The molecule has 0 bridgehead atoms. The maximum absolute atomic E-state index is 11.1. The zero-order valence-corrected chi connectivity index (χ0v) is 11.2. The van der Waals surface area contributed by atoms with Crippen LogP contribution in [0.1, 0.15) is 10.4 Å². The number of carbonyl (C=O) groups excluding carboxylic acids is 1. The molecule has 2 rings (SSSR count). The first kappa shape index (κ1) is 11.4. The van der Waals surface area contributed by atoms with Crippen molar-refractivity contribution in [3.8, 4) is 5.75 Å².